The van der Waals surface area contributed by atoms with Crippen molar-refractivity contribution in [2.45, 2.75) is 51.6 Å². The minimum absolute atomic E-state index is 0.0594. The van der Waals surface area contributed by atoms with E-state index in [1.54, 1.807) is 7.05 Å². The maximum Gasteiger partial charge on any atom is 0.267 e. The molecule has 0 aromatic carbocycles. The van der Waals surface area contributed by atoms with E-state index in [-0.39, 0.29) is 17.9 Å². The Kier molecular flexibility index (Phi) is 5.22. The predicted molar refractivity (Wildman–Crippen MR) is 94.2 cm³/mol. The zero-order chi connectivity index (χ0) is 18.0. The lowest BCUT2D eigenvalue weighted by Crippen LogP contribution is -2.34. The van der Waals surface area contributed by atoms with Crippen molar-refractivity contribution in [1.29, 1.82) is 0 Å². The molecule has 1 fully saturated rings. The topological polar surface area (TPSA) is 76.2 Å². The third-order valence-corrected chi connectivity index (χ3v) is 4.90. The molecule has 1 amide bonds. The Bertz CT molecular complexity index is 734. The molecule has 136 valence electrons. The van der Waals surface area contributed by atoms with Gasteiger partial charge in [-0.05, 0) is 31.5 Å². The van der Waals surface area contributed by atoms with Crippen LogP contribution in [0.1, 0.15) is 73.0 Å². The van der Waals surface area contributed by atoms with Gasteiger partial charge in [0.15, 0.2) is 5.82 Å². The monoisotopic (exact) mass is 345 g/mol. The van der Waals surface area contributed by atoms with Crippen molar-refractivity contribution >= 4 is 5.91 Å². The summed E-state index contributed by atoms with van der Waals surface area (Å²) in [6.07, 6.45) is 3.42. The molecule has 7 heteroatoms. The molecule has 1 aliphatic rings. The summed E-state index contributed by atoms with van der Waals surface area (Å²) >= 11 is 0. The second-order valence-corrected chi connectivity index (χ2v) is 6.97. The van der Waals surface area contributed by atoms with Crippen molar-refractivity contribution in [2.24, 2.45) is 7.05 Å². The largest absolute Gasteiger partial charge is 0.354 e. The summed E-state index contributed by atoms with van der Waals surface area (Å²) in [6, 6.07) is 4.22. The molecule has 7 nitrogen and oxygen atoms in total. The second-order valence-electron chi connectivity index (χ2n) is 6.97. The molecule has 25 heavy (non-hydrogen) atoms. The van der Waals surface area contributed by atoms with Gasteiger partial charge in [0.05, 0.1) is 12.6 Å². The summed E-state index contributed by atoms with van der Waals surface area (Å²) in [5.41, 5.74) is 1.84. The predicted octanol–water partition coefficient (Wildman–Crippen LogP) is 2.62. The molecule has 0 spiro atoms. The highest BCUT2D eigenvalue weighted by molar-refractivity contribution is 5.92. The fourth-order valence-corrected chi connectivity index (χ4v) is 3.48. The molecular formula is C18H27N5O2. The molecule has 0 saturated carbocycles. The van der Waals surface area contributed by atoms with E-state index < -0.39 is 0 Å². The first-order chi connectivity index (χ1) is 12.0. The Balaban J connectivity index is 1.81. The van der Waals surface area contributed by atoms with Crippen LogP contribution in [0.2, 0.25) is 0 Å². The molecule has 2 aromatic heterocycles. The molecule has 1 N–H and O–H groups in total. The number of nitrogens with zero attached hydrogens (tertiary/aromatic N) is 4. The number of likely N-dealkylation sites (tertiary alicyclic amines) is 1. The molecule has 1 aliphatic heterocycles. The number of nitrogens with one attached hydrogen (secondary N) is 1. The van der Waals surface area contributed by atoms with Crippen LogP contribution >= 0.6 is 0 Å². The van der Waals surface area contributed by atoms with Gasteiger partial charge in [-0.15, -0.1) is 0 Å². The number of rotatable bonds is 5. The van der Waals surface area contributed by atoms with Gasteiger partial charge in [-0.2, -0.15) is 4.98 Å². The lowest BCUT2D eigenvalue weighted by molar-refractivity contribution is 0.0952. The van der Waals surface area contributed by atoms with E-state index in [9.17, 15) is 4.79 Å². The molecule has 0 aliphatic carbocycles. The van der Waals surface area contributed by atoms with E-state index in [0.29, 0.717) is 18.1 Å². The Morgan fingerprint density at radius 2 is 2.20 bits per heavy atom. The molecule has 1 saturated heterocycles. The fourth-order valence-electron chi connectivity index (χ4n) is 3.48. The third kappa shape index (κ3) is 3.61. The van der Waals surface area contributed by atoms with E-state index in [1.807, 2.05) is 31.5 Å². The van der Waals surface area contributed by atoms with Crippen LogP contribution in [-0.4, -0.2) is 39.1 Å². The van der Waals surface area contributed by atoms with E-state index >= 15 is 0 Å². The number of hydrogen-bond acceptors (Lipinski definition) is 5. The van der Waals surface area contributed by atoms with Crippen molar-refractivity contribution in [3.63, 3.8) is 0 Å². The van der Waals surface area contributed by atoms with E-state index in [4.69, 9.17) is 4.52 Å². The van der Waals surface area contributed by atoms with Crippen LogP contribution in [0.25, 0.3) is 0 Å². The Hall–Kier alpha value is -2.15. The second kappa shape index (κ2) is 7.39. The maximum absolute atomic E-state index is 12.0. The summed E-state index contributed by atoms with van der Waals surface area (Å²) in [5.74, 6) is 1.60. The van der Waals surface area contributed by atoms with Gasteiger partial charge >= 0.3 is 0 Å². The quantitative estimate of drug-likeness (QED) is 0.901. The van der Waals surface area contributed by atoms with Gasteiger partial charge in [0.25, 0.3) is 5.91 Å². The smallest absolute Gasteiger partial charge is 0.267 e. The van der Waals surface area contributed by atoms with Gasteiger partial charge in [-0.25, -0.2) is 0 Å². The van der Waals surface area contributed by atoms with Gasteiger partial charge in [0, 0.05) is 25.7 Å². The minimum atomic E-state index is -0.0594. The standard InChI is InChI=1S/C18H27N5O2/c1-12(2)18-20-16(21-25-18)11-23-10-6-5-7-14(23)13-8-9-15(22(13)4)17(24)19-3/h8-9,12,14H,5-7,10-11H2,1-4H3,(H,19,24)/t14-/m1/s1. The van der Waals surface area contributed by atoms with Crippen molar-refractivity contribution in [1.82, 2.24) is 24.9 Å². The van der Waals surface area contributed by atoms with Crippen molar-refractivity contribution in [3.8, 4) is 0 Å². The molecular weight excluding hydrogens is 318 g/mol. The maximum atomic E-state index is 12.0. The number of amides is 1. The highest BCUT2D eigenvalue weighted by Crippen LogP contribution is 2.32. The molecule has 0 bridgehead atoms. The van der Waals surface area contributed by atoms with Crippen LogP contribution in [0.5, 0.6) is 0 Å². The van der Waals surface area contributed by atoms with Gasteiger partial charge in [-0.3, -0.25) is 9.69 Å². The summed E-state index contributed by atoms with van der Waals surface area (Å²) in [5, 5.41) is 6.83. The van der Waals surface area contributed by atoms with Crippen LogP contribution in [0, 0.1) is 0 Å². The van der Waals surface area contributed by atoms with Gasteiger partial charge in [-0.1, -0.05) is 25.4 Å². The number of carbonyl (C=O) groups is 1. The van der Waals surface area contributed by atoms with Crippen LogP contribution in [0.4, 0.5) is 0 Å². The Labute approximate surface area is 148 Å². The molecule has 0 unspecified atom stereocenters. The molecule has 3 heterocycles. The number of aromatic nitrogens is 3. The Morgan fingerprint density at radius 1 is 1.40 bits per heavy atom. The summed E-state index contributed by atoms with van der Waals surface area (Å²) in [4.78, 5) is 18.9. The first-order valence-corrected chi connectivity index (χ1v) is 8.95. The van der Waals surface area contributed by atoms with E-state index in [0.717, 1.165) is 30.9 Å². The van der Waals surface area contributed by atoms with E-state index in [2.05, 4.69) is 26.4 Å². The number of carbonyl (C=O) groups excluding carboxylic acids is 1. The van der Waals surface area contributed by atoms with Crippen LogP contribution < -0.4 is 5.32 Å². The third-order valence-electron chi connectivity index (χ3n) is 4.90. The average Bonchev–Trinajstić information content (AvgIpc) is 3.22. The molecule has 2 aromatic rings. The van der Waals surface area contributed by atoms with Gasteiger partial charge in [0.2, 0.25) is 5.89 Å². The SMILES string of the molecule is CNC(=O)c1ccc([C@H]2CCCCN2Cc2noc(C(C)C)n2)n1C. The molecule has 0 radical (unpaired) electrons. The minimum Gasteiger partial charge on any atom is -0.354 e. The highest BCUT2D eigenvalue weighted by atomic mass is 16.5. The van der Waals surface area contributed by atoms with Crippen molar-refractivity contribution in [3.05, 3.63) is 35.2 Å². The van der Waals surface area contributed by atoms with Crippen LogP contribution in [-0.2, 0) is 13.6 Å². The first kappa shape index (κ1) is 17.7. The number of hydrogen-bond donors (Lipinski definition) is 1. The average molecular weight is 345 g/mol. The zero-order valence-corrected chi connectivity index (χ0v) is 15.5. The normalized spacial score (nSPS) is 18.7. The van der Waals surface area contributed by atoms with Crippen LogP contribution in [0.15, 0.2) is 16.7 Å². The summed E-state index contributed by atoms with van der Waals surface area (Å²) in [7, 11) is 3.61. The molecule has 1 atom stereocenters. The highest BCUT2D eigenvalue weighted by Gasteiger charge is 2.28. The molecule has 3 rings (SSSR count). The fraction of sp³-hybridized carbons (Fsp3) is 0.611. The van der Waals surface area contributed by atoms with Gasteiger partial charge < -0.3 is 14.4 Å². The summed E-state index contributed by atoms with van der Waals surface area (Å²) < 4.78 is 7.33. The van der Waals surface area contributed by atoms with Crippen molar-refractivity contribution < 1.29 is 9.32 Å². The first-order valence-electron chi connectivity index (χ1n) is 8.95. The summed E-state index contributed by atoms with van der Waals surface area (Å²) in [6.45, 7) is 5.76. The van der Waals surface area contributed by atoms with E-state index in [1.165, 1.54) is 6.42 Å². The van der Waals surface area contributed by atoms with Crippen molar-refractivity contribution in [2.75, 3.05) is 13.6 Å². The Morgan fingerprint density at radius 3 is 2.88 bits per heavy atom. The van der Waals surface area contributed by atoms with Gasteiger partial charge in [0.1, 0.15) is 5.69 Å². The zero-order valence-electron chi connectivity index (χ0n) is 15.5. The lowest BCUT2D eigenvalue weighted by atomic mass is 9.99. The lowest BCUT2D eigenvalue weighted by Gasteiger charge is -2.35. The van der Waals surface area contributed by atoms with Crippen LogP contribution in [0.3, 0.4) is 0 Å². The number of piperidine rings is 1.